The van der Waals surface area contributed by atoms with Crippen LogP contribution in [0.2, 0.25) is 10.0 Å². The Bertz CT molecular complexity index is 441. The van der Waals surface area contributed by atoms with Crippen molar-refractivity contribution in [3.63, 3.8) is 0 Å². The molecule has 0 unspecified atom stereocenters. The lowest BCUT2D eigenvalue weighted by molar-refractivity contribution is -0.133. The number of likely N-dealkylation sites (N-methyl/N-ethyl adjacent to an activating group) is 1. The number of halogens is 3. The molecule has 1 heterocycles. The van der Waals surface area contributed by atoms with E-state index in [1.165, 1.54) is 0 Å². The fourth-order valence-electron chi connectivity index (χ4n) is 2.38. The zero-order chi connectivity index (χ0) is 13.8. The number of hydrogen-bond donors (Lipinski definition) is 1. The molecule has 0 saturated carbocycles. The van der Waals surface area contributed by atoms with Crippen LogP contribution in [0.1, 0.15) is 24.8 Å². The van der Waals surface area contributed by atoms with Crippen LogP contribution in [0.25, 0.3) is 0 Å². The van der Waals surface area contributed by atoms with Gasteiger partial charge in [0.15, 0.2) is 0 Å². The Morgan fingerprint density at radius 1 is 1.30 bits per heavy atom. The van der Waals surface area contributed by atoms with Gasteiger partial charge in [-0.2, -0.15) is 0 Å². The topological polar surface area (TPSA) is 32.3 Å². The lowest BCUT2D eigenvalue weighted by Gasteiger charge is -2.27. The van der Waals surface area contributed by atoms with Crippen molar-refractivity contribution in [1.82, 2.24) is 10.2 Å². The summed E-state index contributed by atoms with van der Waals surface area (Å²) >= 11 is 11.9. The average Bonchev–Trinajstić information content (AvgIpc) is 2.37. The van der Waals surface area contributed by atoms with Crippen molar-refractivity contribution in [1.29, 1.82) is 0 Å². The van der Waals surface area contributed by atoms with Gasteiger partial charge in [-0.1, -0.05) is 29.6 Å². The molecule has 20 heavy (non-hydrogen) atoms. The van der Waals surface area contributed by atoms with Gasteiger partial charge in [-0.05, 0) is 43.1 Å². The predicted molar refractivity (Wildman–Crippen MR) is 85.8 cm³/mol. The van der Waals surface area contributed by atoms with E-state index < -0.39 is 0 Å². The second-order valence-electron chi connectivity index (χ2n) is 4.97. The van der Waals surface area contributed by atoms with Crippen molar-refractivity contribution in [2.24, 2.45) is 0 Å². The molecule has 1 fully saturated rings. The Hall–Kier alpha value is -0.480. The third kappa shape index (κ3) is 4.81. The molecule has 0 radical (unpaired) electrons. The Morgan fingerprint density at radius 3 is 2.50 bits per heavy atom. The van der Waals surface area contributed by atoms with Crippen LogP contribution in [0.3, 0.4) is 0 Å². The highest BCUT2D eigenvalue weighted by Gasteiger charge is 2.23. The fourth-order valence-corrected chi connectivity index (χ4v) is 2.95. The summed E-state index contributed by atoms with van der Waals surface area (Å²) < 4.78 is 0. The molecule has 2 rings (SSSR count). The number of carbonyl (C=O) groups excluding carboxylic acids is 1. The zero-order valence-electron chi connectivity index (χ0n) is 11.4. The third-order valence-corrected chi connectivity index (χ3v) is 3.76. The number of nitrogens with zero attached hydrogens (tertiary/aromatic N) is 1. The van der Waals surface area contributed by atoms with Crippen molar-refractivity contribution < 1.29 is 4.79 Å². The maximum Gasteiger partial charge on any atom is 0.239 e. The van der Waals surface area contributed by atoms with E-state index in [4.69, 9.17) is 23.2 Å². The third-order valence-electron chi connectivity index (χ3n) is 3.33. The Kier molecular flexibility index (Phi) is 7.10. The van der Waals surface area contributed by atoms with E-state index in [1.54, 1.807) is 11.0 Å². The van der Waals surface area contributed by atoms with Gasteiger partial charge in [0, 0.05) is 23.6 Å². The van der Waals surface area contributed by atoms with Crippen LogP contribution in [-0.2, 0) is 11.3 Å². The second kappa shape index (κ2) is 8.08. The number of hydrogen-bond acceptors (Lipinski definition) is 2. The standard InChI is InChI=1S/C14H18Cl2N2O.ClH/c1-18(14(19)13-4-2-3-5-17-13)9-10-6-11(15)8-12(16)7-10;/h6-8,13,17H,2-5,9H2,1H3;1H/t13-;/m0./s1. The Balaban J connectivity index is 0.00000200. The van der Waals surface area contributed by atoms with Crippen LogP contribution >= 0.6 is 35.6 Å². The maximum atomic E-state index is 12.3. The van der Waals surface area contributed by atoms with Crippen LogP contribution in [0.15, 0.2) is 18.2 Å². The molecule has 1 amide bonds. The molecule has 3 nitrogen and oxygen atoms in total. The fraction of sp³-hybridized carbons (Fsp3) is 0.500. The second-order valence-corrected chi connectivity index (χ2v) is 5.85. The molecule has 0 spiro atoms. The molecule has 112 valence electrons. The molecule has 6 heteroatoms. The number of nitrogens with one attached hydrogen (secondary N) is 1. The van der Waals surface area contributed by atoms with Crippen molar-refractivity contribution >= 4 is 41.5 Å². The van der Waals surface area contributed by atoms with Gasteiger partial charge in [0.2, 0.25) is 5.91 Å². The first-order valence-electron chi connectivity index (χ1n) is 6.49. The number of carbonyl (C=O) groups is 1. The molecule has 0 aliphatic carbocycles. The largest absolute Gasteiger partial charge is 0.340 e. The van der Waals surface area contributed by atoms with Gasteiger partial charge in [-0.25, -0.2) is 0 Å². The van der Waals surface area contributed by atoms with Crippen molar-refractivity contribution in [3.05, 3.63) is 33.8 Å². The minimum Gasteiger partial charge on any atom is -0.340 e. The molecular formula is C14H19Cl3N2O. The summed E-state index contributed by atoms with van der Waals surface area (Å²) in [6.07, 6.45) is 3.18. The molecular weight excluding hydrogens is 319 g/mol. The Morgan fingerprint density at radius 2 is 1.95 bits per heavy atom. The van der Waals surface area contributed by atoms with E-state index >= 15 is 0 Å². The number of amides is 1. The summed E-state index contributed by atoms with van der Waals surface area (Å²) in [7, 11) is 1.81. The number of rotatable bonds is 3. The quantitative estimate of drug-likeness (QED) is 0.915. The van der Waals surface area contributed by atoms with Gasteiger partial charge < -0.3 is 10.2 Å². The number of benzene rings is 1. The highest BCUT2D eigenvalue weighted by Crippen LogP contribution is 2.20. The summed E-state index contributed by atoms with van der Waals surface area (Å²) in [5, 5.41) is 4.46. The smallest absolute Gasteiger partial charge is 0.239 e. The summed E-state index contributed by atoms with van der Waals surface area (Å²) in [6, 6.07) is 5.32. The van der Waals surface area contributed by atoms with E-state index in [-0.39, 0.29) is 24.4 Å². The van der Waals surface area contributed by atoms with Gasteiger partial charge >= 0.3 is 0 Å². The minimum absolute atomic E-state index is 0. The van der Waals surface area contributed by atoms with E-state index in [9.17, 15) is 4.79 Å². The molecule has 1 aromatic rings. The summed E-state index contributed by atoms with van der Waals surface area (Å²) in [6.45, 7) is 1.45. The summed E-state index contributed by atoms with van der Waals surface area (Å²) in [5.41, 5.74) is 0.948. The lowest BCUT2D eigenvalue weighted by atomic mass is 10.0. The molecule has 1 aliphatic rings. The molecule has 1 aromatic carbocycles. The molecule has 1 aliphatic heterocycles. The molecule has 1 saturated heterocycles. The first-order valence-corrected chi connectivity index (χ1v) is 7.25. The normalized spacial score (nSPS) is 18.2. The highest BCUT2D eigenvalue weighted by molar-refractivity contribution is 6.34. The van der Waals surface area contributed by atoms with Gasteiger partial charge in [-0.3, -0.25) is 4.79 Å². The van der Waals surface area contributed by atoms with Crippen molar-refractivity contribution in [2.45, 2.75) is 31.8 Å². The summed E-state index contributed by atoms with van der Waals surface area (Å²) in [5.74, 6) is 0.135. The highest BCUT2D eigenvalue weighted by atomic mass is 35.5. The first-order chi connectivity index (χ1) is 9.06. The van der Waals surface area contributed by atoms with Crippen LogP contribution in [0.5, 0.6) is 0 Å². The monoisotopic (exact) mass is 336 g/mol. The van der Waals surface area contributed by atoms with Crippen LogP contribution in [0, 0.1) is 0 Å². The van der Waals surface area contributed by atoms with Crippen molar-refractivity contribution in [3.8, 4) is 0 Å². The van der Waals surface area contributed by atoms with Gasteiger partial charge in [-0.15, -0.1) is 12.4 Å². The van der Waals surface area contributed by atoms with Gasteiger partial charge in [0.05, 0.1) is 6.04 Å². The van der Waals surface area contributed by atoms with E-state index in [1.807, 2.05) is 19.2 Å². The van der Waals surface area contributed by atoms with E-state index in [0.717, 1.165) is 31.4 Å². The zero-order valence-corrected chi connectivity index (χ0v) is 13.7. The van der Waals surface area contributed by atoms with E-state index in [0.29, 0.717) is 16.6 Å². The SMILES string of the molecule is CN(Cc1cc(Cl)cc(Cl)c1)C(=O)[C@@H]1CCCCN1.Cl. The first kappa shape index (κ1) is 17.6. The van der Waals surface area contributed by atoms with Gasteiger partial charge in [0.25, 0.3) is 0 Å². The maximum absolute atomic E-state index is 12.3. The van der Waals surface area contributed by atoms with Crippen LogP contribution in [0.4, 0.5) is 0 Å². The number of piperidine rings is 1. The van der Waals surface area contributed by atoms with Gasteiger partial charge in [0.1, 0.15) is 0 Å². The molecule has 1 N–H and O–H groups in total. The lowest BCUT2D eigenvalue weighted by Crippen LogP contribution is -2.46. The predicted octanol–water partition coefficient (Wildman–Crippen LogP) is 3.52. The minimum atomic E-state index is -0.0478. The average molecular weight is 338 g/mol. The molecule has 1 atom stereocenters. The van der Waals surface area contributed by atoms with Crippen LogP contribution < -0.4 is 5.32 Å². The summed E-state index contributed by atoms with van der Waals surface area (Å²) in [4.78, 5) is 14.0. The van der Waals surface area contributed by atoms with Crippen molar-refractivity contribution in [2.75, 3.05) is 13.6 Å². The van der Waals surface area contributed by atoms with E-state index in [2.05, 4.69) is 5.32 Å². The Labute approximate surface area is 136 Å². The molecule has 0 bridgehead atoms. The molecule has 0 aromatic heterocycles. The van der Waals surface area contributed by atoms with Crippen LogP contribution in [-0.4, -0.2) is 30.4 Å².